The fourth-order valence-corrected chi connectivity index (χ4v) is 7.66. The molecule has 3 aliphatic rings. The maximum Gasteiger partial charge on any atom is 0.254 e. The van der Waals surface area contributed by atoms with Gasteiger partial charge >= 0.3 is 0 Å². The van der Waals surface area contributed by atoms with E-state index in [9.17, 15) is 13.8 Å². The smallest absolute Gasteiger partial charge is 0.254 e. The van der Waals surface area contributed by atoms with E-state index in [1.54, 1.807) is 24.3 Å². The van der Waals surface area contributed by atoms with Crippen LogP contribution in [0.1, 0.15) is 54.6 Å². The lowest BCUT2D eigenvalue weighted by Crippen LogP contribution is -2.58. The van der Waals surface area contributed by atoms with Gasteiger partial charge in [0.05, 0.1) is 16.6 Å². The molecular formula is C35H44N6O4S. The lowest BCUT2D eigenvalue weighted by molar-refractivity contribution is -0.142. The van der Waals surface area contributed by atoms with Crippen molar-refractivity contribution in [1.82, 2.24) is 24.7 Å². The molecule has 46 heavy (non-hydrogen) atoms. The third-order valence-corrected chi connectivity index (χ3v) is 10.4. The SMILES string of the molecule is Cc1cccc(C)c1-c1cc2nc(n1)NS(=O)c1cccc(c1)C(=O)N(C1CC(C(=O)N3CCN(C)CC3)C1)[C@H](CC(C)C)CO2. The lowest BCUT2D eigenvalue weighted by Gasteiger charge is -2.47. The van der Waals surface area contributed by atoms with Crippen molar-refractivity contribution in [1.29, 1.82) is 0 Å². The van der Waals surface area contributed by atoms with Gasteiger partial charge in [0.25, 0.3) is 5.91 Å². The standard InChI is InChI=1S/C35H44N6O4S/c1-22(2)16-28-21-45-31-20-30(32-23(3)8-6-9-24(32)4)36-35(37-31)38-46(44)29-11-7-10-25(19-29)34(43)41(28)27-17-26(18-27)33(42)40-14-12-39(5)13-15-40/h6-11,19-20,22,26-28H,12-18,21H2,1-5H3,(H,36,37,38)/t26?,27?,28-,46?/m1/s1. The highest BCUT2D eigenvalue weighted by molar-refractivity contribution is 7.86. The van der Waals surface area contributed by atoms with Gasteiger partial charge in [0.2, 0.25) is 17.7 Å². The number of likely N-dealkylation sites (N-methyl/N-ethyl adjacent to an activating group) is 1. The Morgan fingerprint density at radius 3 is 2.41 bits per heavy atom. The van der Waals surface area contributed by atoms with Crippen molar-refractivity contribution in [2.24, 2.45) is 11.8 Å². The Morgan fingerprint density at radius 1 is 1.02 bits per heavy atom. The Morgan fingerprint density at radius 2 is 1.72 bits per heavy atom. The Kier molecular flexibility index (Phi) is 9.42. The molecule has 1 saturated carbocycles. The number of fused-ring (bicyclic) bond motifs is 4. The van der Waals surface area contributed by atoms with Crippen LogP contribution in [0.3, 0.4) is 0 Å². The second-order valence-electron chi connectivity index (χ2n) is 13.3. The number of aromatic nitrogens is 2. The highest BCUT2D eigenvalue weighted by Crippen LogP contribution is 2.37. The number of hydrogen-bond donors (Lipinski definition) is 1. The van der Waals surface area contributed by atoms with Crippen molar-refractivity contribution >= 4 is 28.7 Å². The molecular weight excluding hydrogens is 600 g/mol. The number of anilines is 1. The molecule has 2 fully saturated rings. The molecule has 10 nitrogen and oxygen atoms in total. The van der Waals surface area contributed by atoms with Crippen molar-refractivity contribution in [2.75, 3.05) is 44.6 Å². The summed E-state index contributed by atoms with van der Waals surface area (Å²) in [4.78, 5) is 43.7. The third kappa shape index (κ3) is 6.80. The van der Waals surface area contributed by atoms with E-state index in [1.165, 1.54) is 0 Å². The van der Waals surface area contributed by atoms with E-state index in [1.807, 2.05) is 47.9 Å². The van der Waals surface area contributed by atoms with Crippen LogP contribution in [0.5, 0.6) is 5.88 Å². The van der Waals surface area contributed by atoms with Crippen molar-refractivity contribution in [3.05, 3.63) is 65.2 Å². The normalized spacial score (nSPS) is 23.8. The summed E-state index contributed by atoms with van der Waals surface area (Å²) in [6, 6.07) is 14.5. The van der Waals surface area contributed by atoms with E-state index in [-0.39, 0.29) is 48.3 Å². The van der Waals surface area contributed by atoms with Crippen LogP contribution in [0.15, 0.2) is 53.4 Å². The van der Waals surface area contributed by atoms with Gasteiger partial charge in [-0.15, -0.1) is 0 Å². The summed E-state index contributed by atoms with van der Waals surface area (Å²) >= 11 is 0. The molecule has 0 radical (unpaired) electrons. The summed E-state index contributed by atoms with van der Waals surface area (Å²) < 4.78 is 22.9. The molecule has 2 aromatic carbocycles. The number of benzene rings is 2. The van der Waals surface area contributed by atoms with Gasteiger partial charge in [-0.3, -0.25) is 14.3 Å². The Balaban J connectivity index is 1.35. The first kappa shape index (κ1) is 32.1. The molecule has 2 aliphatic heterocycles. The Bertz CT molecular complexity index is 1610. The molecule has 1 N–H and O–H groups in total. The molecule has 2 atom stereocenters. The molecule has 1 unspecified atom stereocenters. The van der Waals surface area contributed by atoms with Crippen LogP contribution in [-0.2, 0) is 15.8 Å². The largest absolute Gasteiger partial charge is 0.475 e. The van der Waals surface area contributed by atoms with Crippen LogP contribution < -0.4 is 9.46 Å². The number of nitrogens with zero attached hydrogens (tertiary/aromatic N) is 5. The second kappa shape index (κ2) is 13.5. The fourth-order valence-electron chi connectivity index (χ4n) is 6.85. The summed E-state index contributed by atoms with van der Waals surface area (Å²) in [6.45, 7) is 11.8. The number of nitrogens with one attached hydrogen (secondary N) is 1. The van der Waals surface area contributed by atoms with E-state index in [0.29, 0.717) is 41.3 Å². The average molecular weight is 645 g/mol. The van der Waals surface area contributed by atoms with Crippen LogP contribution in [-0.4, -0.2) is 92.6 Å². The molecule has 6 rings (SSSR count). The first-order valence-corrected chi connectivity index (χ1v) is 17.4. The predicted molar refractivity (Wildman–Crippen MR) is 179 cm³/mol. The van der Waals surface area contributed by atoms with Gasteiger partial charge in [-0.1, -0.05) is 38.1 Å². The Hall–Kier alpha value is -3.83. The van der Waals surface area contributed by atoms with E-state index in [0.717, 1.165) is 42.9 Å². The van der Waals surface area contributed by atoms with Gasteiger partial charge in [-0.05, 0) is 75.4 Å². The monoisotopic (exact) mass is 644 g/mol. The number of carbonyl (C=O) groups is 2. The molecule has 244 valence electrons. The van der Waals surface area contributed by atoms with Crippen molar-refractivity contribution in [2.45, 2.75) is 63.9 Å². The molecule has 1 saturated heterocycles. The highest BCUT2D eigenvalue weighted by atomic mass is 32.2. The van der Waals surface area contributed by atoms with Gasteiger partial charge in [0.1, 0.15) is 6.61 Å². The summed E-state index contributed by atoms with van der Waals surface area (Å²) in [5.74, 6) is 0.766. The zero-order chi connectivity index (χ0) is 32.5. The van der Waals surface area contributed by atoms with E-state index in [4.69, 9.17) is 9.72 Å². The molecule has 2 amide bonds. The number of carbonyl (C=O) groups excluding carboxylic acids is 2. The highest BCUT2D eigenvalue weighted by Gasteiger charge is 2.44. The minimum atomic E-state index is -1.73. The predicted octanol–water partition coefficient (Wildman–Crippen LogP) is 4.70. The minimum absolute atomic E-state index is 0.0984. The topological polar surface area (TPSA) is 108 Å². The summed E-state index contributed by atoms with van der Waals surface area (Å²) in [5, 5.41) is 0. The summed E-state index contributed by atoms with van der Waals surface area (Å²) in [5.41, 5.74) is 4.21. The van der Waals surface area contributed by atoms with Gasteiger partial charge in [0, 0.05) is 55.3 Å². The van der Waals surface area contributed by atoms with Crippen molar-refractivity contribution < 1.29 is 18.5 Å². The number of amides is 2. The average Bonchev–Trinajstić information content (AvgIpc) is 3.00. The van der Waals surface area contributed by atoms with Crippen LogP contribution in [0.2, 0.25) is 0 Å². The zero-order valence-corrected chi connectivity index (χ0v) is 28.2. The maximum atomic E-state index is 14.4. The summed E-state index contributed by atoms with van der Waals surface area (Å²) in [7, 11) is 0.351. The van der Waals surface area contributed by atoms with Crippen LogP contribution in [0.25, 0.3) is 11.3 Å². The molecule has 4 bridgehead atoms. The fraction of sp³-hybridized carbons (Fsp3) is 0.486. The van der Waals surface area contributed by atoms with E-state index < -0.39 is 11.0 Å². The second-order valence-corrected chi connectivity index (χ2v) is 14.6. The van der Waals surface area contributed by atoms with Crippen LogP contribution >= 0.6 is 0 Å². The number of rotatable bonds is 5. The third-order valence-electron chi connectivity index (χ3n) is 9.38. The molecule has 3 aromatic rings. The number of piperazine rings is 1. The minimum Gasteiger partial charge on any atom is -0.475 e. The number of hydrogen-bond acceptors (Lipinski definition) is 7. The van der Waals surface area contributed by atoms with Crippen molar-refractivity contribution in [3.8, 4) is 17.1 Å². The van der Waals surface area contributed by atoms with Crippen molar-refractivity contribution in [3.63, 3.8) is 0 Å². The molecule has 0 spiro atoms. The first-order chi connectivity index (χ1) is 22.1. The van der Waals surface area contributed by atoms with Gasteiger partial charge < -0.3 is 19.4 Å². The first-order valence-electron chi connectivity index (χ1n) is 16.2. The van der Waals surface area contributed by atoms with Gasteiger partial charge in [0.15, 0.2) is 11.0 Å². The zero-order valence-electron chi connectivity index (χ0n) is 27.4. The van der Waals surface area contributed by atoms with Crippen LogP contribution in [0.4, 0.5) is 5.95 Å². The number of ether oxygens (including phenoxy) is 1. The molecule has 1 aliphatic carbocycles. The van der Waals surface area contributed by atoms with E-state index in [2.05, 4.69) is 35.5 Å². The van der Waals surface area contributed by atoms with Crippen LogP contribution in [0, 0.1) is 25.7 Å². The number of aryl methyl sites for hydroxylation is 2. The van der Waals surface area contributed by atoms with Gasteiger partial charge in [-0.25, -0.2) is 9.19 Å². The molecule has 1 aromatic heterocycles. The molecule has 11 heteroatoms. The maximum absolute atomic E-state index is 14.4. The van der Waals surface area contributed by atoms with Gasteiger partial charge in [-0.2, -0.15) is 4.98 Å². The van der Waals surface area contributed by atoms with E-state index >= 15 is 0 Å². The molecule has 3 heterocycles. The summed E-state index contributed by atoms with van der Waals surface area (Å²) in [6.07, 6.45) is 1.95. The Labute approximate surface area is 274 Å². The quantitative estimate of drug-likeness (QED) is 0.429. The lowest BCUT2D eigenvalue weighted by atomic mass is 9.77.